The van der Waals surface area contributed by atoms with Crippen molar-refractivity contribution in [1.29, 1.82) is 0 Å². The zero-order valence-corrected chi connectivity index (χ0v) is 18.0. The van der Waals surface area contributed by atoms with Crippen molar-refractivity contribution in [2.45, 2.75) is 38.0 Å². The topological polar surface area (TPSA) is 63.4 Å². The standard InChI is InChI=1S/C25H30N4O2/c1-28-14-13-27-24(28)25(30)20-5-4-6-21(25)17-29(16-20)15-19-8-10-23(11-9-19)31-18-22-7-2-3-12-26-22/h2-3,7-14,20-21,30H,4-6,15-18H2,1H3/t20-,21+,25?. The molecule has 1 aromatic carbocycles. The van der Waals surface area contributed by atoms with Gasteiger partial charge in [-0.05, 0) is 42.7 Å². The van der Waals surface area contributed by atoms with Crippen LogP contribution in [0.5, 0.6) is 5.75 Å². The quantitative estimate of drug-likeness (QED) is 0.664. The summed E-state index contributed by atoms with van der Waals surface area (Å²) in [4.78, 5) is 11.3. The molecule has 5 rings (SSSR count). The van der Waals surface area contributed by atoms with E-state index >= 15 is 0 Å². The number of imidazole rings is 1. The van der Waals surface area contributed by atoms with Gasteiger partial charge in [-0.1, -0.05) is 24.6 Å². The Hall–Kier alpha value is -2.70. The molecule has 2 bridgehead atoms. The maximum atomic E-state index is 11.7. The summed E-state index contributed by atoms with van der Waals surface area (Å²) in [5.41, 5.74) is 1.38. The number of ether oxygens (including phenoxy) is 1. The Labute approximate surface area is 183 Å². The molecule has 1 unspecified atom stereocenters. The smallest absolute Gasteiger partial charge is 0.141 e. The lowest BCUT2D eigenvalue weighted by molar-refractivity contribution is -0.155. The van der Waals surface area contributed by atoms with E-state index in [1.165, 1.54) is 12.0 Å². The van der Waals surface area contributed by atoms with E-state index in [4.69, 9.17) is 4.74 Å². The van der Waals surface area contributed by atoms with Crippen molar-refractivity contribution in [3.8, 4) is 5.75 Å². The average Bonchev–Trinajstić information content (AvgIpc) is 3.21. The summed E-state index contributed by atoms with van der Waals surface area (Å²) in [6, 6.07) is 14.2. The number of nitrogens with zero attached hydrogens (tertiary/aromatic N) is 4. The Bertz CT molecular complexity index is 988. The van der Waals surface area contributed by atoms with Crippen LogP contribution in [0.15, 0.2) is 61.1 Å². The summed E-state index contributed by atoms with van der Waals surface area (Å²) in [6.45, 7) is 3.17. The van der Waals surface area contributed by atoms with E-state index in [1.807, 2.05) is 48.1 Å². The van der Waals surface area contributed by atoms with Crippen LogP contribution in [0, 0.1) is 11.8 Å². The number of rotatable bonds is 6. The van der Waals surface area contributed by atoms with Gasteiger partial charge in [-0.15, -0.1) is 0 Å². The van der Waals surface area contributed by atoms with Crippen molar-refractivity contribution in [3.05, 3.63) is 78.1 Å². The minimum Gasteiger partial charge on any atom is -0.487 e. The lowest BCUT2D eigenvalue weighted by Gasteiger charge is -2.52. The van der Waals surface area contributed by atoms with Gasteiger partial charge >= 0.3 is 0 Å². The largest absolute Gasteiger partial charge is 0.487 e. The highest BCUT2D eigenvalue weighted by Gasteiger charge is 2.53. The second-order valence-electron chi connectivity index (χ2n) is 8.96. The number of aliphatic hydroxyl groups is 1. The predicted molar refractivity (Wildman–Crippen MR) is 118 cm³/mol. The second kappa shape index (κ2) is 8.44. The maximum Gasteiger partial charge on any atom is 0.141 e. The summed E-state index contributed by atoms with van der Waals surface area (Å²) in [7, 11) is 1.99. The molecule has 3 heterocycles. The van der Waals surface area contributed by atoms with Crippen LogP contribution < -0.4 is 4.74 Å². The van der Waals surface area contributed by atoms with Gasteiger partial charge in [0.1, 0.15) is 23.8 Å². The fourth-order valence-corrected chi connectivity index (χ4v) is 5.38. The number of fused-ring (bicyclic) bond motifs is 2. The van der Waals surface area contributed by atoms with E-state index in [0.29, 0.717) is 6.61 Å². The minimum absolute atomic E-state index is 0.224. The van der Waals surface area contributed by atoms with Crippen molar-refractivity contribution in [1.82, 2.24) is 19.4 Å². The highest BCUT2D eigenvalue weighted by molar-refractivity contribution is 5.27. The SMILES string of the molecule is Cn1ccnc1C1(O)[C@@H]2CCC[C@H]1CN(Cc1ccc(OCc3ccccn3)cc1)C2. The highest BCUT2D eigenvalue weighted by atomic mass is 16.5. The molecule has 3 atom stereocenters. The van der Waals surface area contributed by atoms with Crippen molar-refractivity contribution in [2.75, 3.05) is 13.1 Å². The van der Waals surface area contributed by atoms with Gasteiger partial charge in [-0.3, -0.25) is 9.88 Å². The summed E-state index contributed by atoms with van der Waals surface area (Å²) in [5.74, 6) is 2.13. The Morgan fingerprint density at radius 2 is 1.81 bits per heavy atom. The average molecular weight is 419 g/mol. The molecule has 1 aliphatic carbocycles. The number of hydrogen-bond donors (Lipinski definition) is 1. The number of aromatic nitrogens is 3. The lowest BCUT2D eigenvalue weighted by Crippen LogP contribution is -2.58. The van der Waals surface area contributed by atoms with Crippen LogP contribution >= 0.6 is 0 Å². The molecule has 2 aliphatic rings. The molecule has 1 saturated carbocycles. The molecule has 6 heteroatoms. The lowest BCUT2D eigenvalue weighted by atomic mass is 9.65. The zero-order valence-electron chi connectivity index (χ0n) is 18.0. The third-order valence-corrected chi connectivity index (χ3v) is 6.93. The number of benzene rings is 1. The van der Waals surface area contributed by atoms with Gasteiger partial charge in [-0.25, -0.2) is 4.98 Å². The van der Waals surface area contributed by atoms with Gasteiger partial charge in [0.15, 0.2) is 0 Å². The number of pyridine rings is 1. The Morgan fingerprint density at radius 3 is 2.45 bits per heavy atom. The third kappa shape index (κ3) is 3.98. The molecule has 2 fully saturated rings. The Kier molecular flexibility index (Phi) is 5.50. The summed E-state index contributed by atoms with van der Waals surface area (Å²) < 4.78 is 7.85. The maximum absolute atomic E-state index is 11.7. The molecule has 162 valence electrons. The van der Waals surface area contributed by atoms with Gasteiger partial charge in [0.25, 0.3) is 0 Å². The molecule has 1 N–H and O–H groups in total. The van der Waals surface area contributed by atoms with Crippen LogP contribution in [-0.4, -0.2) is 37.6 Å². The van der Waals surface area contributed by atoms with E-state index < -0.39 is 5.60 Å². The van der Waals surface area contributed by atoms with Gasteiger partial charge in [-0.2, -0.15) is 0 Å². The summed E-state index contributed by atoms with van der Waals surface area (Å²) >= 11 is 0. The van der Waals surface area contributed by atoms with E-state index in [2.05, 4.69) is 27.0 Å². The van der Waals surface area contributed by atoms with E-state index in [0.717, 1.165) is 49.7 Å². The molecule has 6 nitrogen and oxygen atoms in total. The first-order valence-electron chi connectivity index (χ1n) is 11.2. The number of piperidine rings is 1. The van der Waals surface area contributed by atoms with Gasteiger partial charge in [0.05, 0.1) is 5.69 Å². The van der Waals surface area contributed by atoms with Crippen molar-refractivity contribution >= 4 is 0 Å². The molecular weight excluding hydrogens is 388 g/mol. The van der Waals surface area contributed by atoms with Crippen LogP contribution in [-0.2, 0) is 25.8 Å². The number of aryl methyl sites for hydroxylation is 1. The van der Waals surface area contributed by atoms with Crippen LogP contribution in [0.3, 0.4) is 0 Å². The highest BCUT2D eigenvalue weighted by Crippen LogP contribution is 2.48. The van der Waals surface area contributed by atoms with Crippen LogP contribution in [0.25, 0.3) is 0 Å². The fraction of sp³-hybridized carbons (Fsp3) is 0.440. The first kappa shape index (κ1) is 20.2. The zero-order chi connectivity index (χ0) is 21.3. The second-order valence-corrected chi connectivity index (χ2v) is 8.96. The van der Waals surface area contributed by atoms with Crippen LogP contribution in [0.1, 0.15) is 36.3 Å². The molecule has 0 radical (unpaired) electrons. The molecular formula is C25H30N4O2. The van der Waals surface area contributed by atoms with Gasteiger partial charge in [0, 0.05) is 57.1 Å². The fourth-order valence-electron chi connectivity index (χ4n) is 5.38. The molecule has 2 aromatic heterocycles. The first-order valence-corrected chi connectivity index (χ1v) is 11.2. The van der Waals surface area contributed by atoms with Crippen molar-refractivity contribution in [2.24, 2.45) is 18.9 Å². The van der Waals surface area contributed by atoms with E-state index in [9.17, 15) is 5.11 Å². The van der Waals surface area contributed by atoms with Gasteiger partial charge in [0.2, 0.25) is 0 Å². The van der Waals surface area contributed by atoms with E-state index in [1.54, 1.807) is 12.4 Å². The van der Waals surface area contributed by atoms with Crippen LogP contribution in [0.2, 0.25) is 0 Å². The summed E-state index contributed by atoms with van der Waals surface area (Å²) in [6.07, 6.45) is 8.82. The number of hydrogen-bond acceptors (Lipinski definition) is 5. The minimum atomic E-state index is -0.809. The molecule has 0 spiro atoms. The Morgan fingerprint density at radius 1 is 1.03 bits per heavy atom. The molecule has 3 aromatic rings. The third-order valence-electron chi connectivity index (χ3n) is 6.93. The van der Waals surface area contributed by atoms with Gasteiger partial charge < -0.3 is 14.4 Å². The monoisotopic (exact) mass is 418 g/mol. The predicted octanol–water partition coefficient (Wildman–Crippen LogP) is 3.51. The molecule has 1 aliphatic heterocycles. The van der Waals surface area contributed by atoms with E-state index in [-0.39, 0.29) is 11.8 Å². The molecule has 1 saturated heterocycles. The van der Waals surface area contributed by atoms with Crippen molar-refractivity contribution < 1.29 is 9.84 Å². The normalized spacial score (nSPS) is 26.0. The Balaban J connectivity index is 1.23. The molecule has 31 heavy (non-hydrogen) atoms. The molecule has 0 amide bonds. The van der Waals surface area contributed by atoms with Crippen molar-refractivity contribution in [3.63, 3.8) is 0 Å². The van der Waals surface area contributed by atoms with Crippen LogP contribution in [0.4, 0.5) is 0 Å². The first-order chi connectivity index (χ1) is 15.1. The number of likely N-dealkylation sites (tertiary alicyclic amines) is 1. The summed E-state index contributed by atoms with van der Waals surface area (Å²) in [5, 5.41) is 11.7.